The SMILES string of the molecule is CCCCn1nc(C(=O)OC(C)C(=O)NC(=O)NC(C)(C)C)ccc1=O. The van der Waals surface area contributed by atoms with Gasteiger partial charge in [-0.25, -0.2) is 14.3 Å². The summed E-state index contributed by atoms with van der Waals surface area (Å²) in [7, 11) is 0. The van der Waals surface area contributed by atoms with Gasteiger partial charge in [-0.2, -0.15) is 5.10 Å². The van der Waals surface area contributed by atoms with Gasteiger partial charge in [-0.15, -0.1) is 0 Å². The zero-order valence-corrected chi connectivity index (χ0v) is 15.8. The highest BCUT2D eigenvalue weighted by Gasteiger charge is 2.23. The molecule has 0 aromatic carbocycles. The lowest BCUT2D eigenvalue weighted by Gasteiger charge is -2.21. The summed E-state index contributed by atoms with van der Waals surface area (Å²) in [5, 5.41) is 8.61. The van der Waals surface area contributed by atoms with Gasteiger partial charge in [0.1, 0.15) is 0 Å². The topological polar surface area (TPSA) is 119 Å². The lowest BCUT2D eigenvalue weighted by Crippen LogP contribution is -2.50. The van der Waals surface area contributed by atoms with Crippen molar-refractivity contribution in [3.63, 3.8) is 0 Å². The van der Waals surface area contributed by atoms with Crippen molar-refractivity contribution in [2.24, 2.45) is 0 Å². The van der Waals surface area contributed by atoms with Crippen LogP contribution >= 0.6 is 0 Å². The summed E-state index contributed by atoms with van der Waals surface area (Å²) < 4.78 is 6.20. The van der Waals surface area contributed by atoms with Gasteiger partial charge >= 0.3 is 12.0 Å². The summed E-state index contributed by atoms with van der Waals surface area (Å²) in [5.41, 5.74) is -0.917. The minimum atomic E-state index is -1.20. The van der Waals surface area contributed by atoms with Crippen molar-refractivity contribution in [3.05, 3.63) is 28.2 Å². The average molecular weight is 366 g/mol. The summed E-state index contributed by atoms with van der Waals surface area (Å²) >= 11 is 0. The van der Waals surface area contributed by atoms with Gasteiger partial charge in [0.2, 0.25) is 0 Å². The molecule has 9 heteroatoms. The largest absolute Gasteiger partial charge is 0.448 e. The maximum atomic E-state index is 12.1. The number of amides is 3. The van der Waals surface area contributed by atoms with Crippen LogP contribution < -0.4 is 16.2 Å². The zero-order chi connectivity index (χ0) is 19.9. The molecule has 0 aliphatic carbocycles. The Labute approximate surface area is 152 Å². The number of aromatic nitrogens is 2. The molecular weight excluding hydrogens is 340 g/mol. The van der Waals surface area contributed by atoms with E-state index in [0.29, 0.717) is 6.54 Å². The first-order valence-electron chi connectivity index (χ1n) is 8.45. The van der Waals surface area contributed by atoms with Crippen molar-refractivity contribution in [3.8, 4) is 0 Å². The molecule has 144 valence electrons. The molecule has 0 aliphatic rings. The summed E-state index contributed by atoms with van der Waals surface area (Å²) in [6.45, 7) is 8.99. The van der Waals surface area contributed by atoms with E-state index in [0.717, 1.165) is 12.8 Å². The maximum Gasteiger partial charge on any atom is 0.359 e. The highest BCUT2D eigenvalue weighted by molar-refractivity contribution is 5.98. The zero-order valence-electron chi connectivity index (χ0n) is 15.8. The Morgan fingerprint density at radius 1 is 1.27 bits per heavy atom. The average Bonchev–Trinajstić information content (AvgIpc) is 2.51. The summed E-state index contributed by atoms with van der Waals surface area (Å²) in [4.78, 5) is 47.5. The summed E-state index contributed by atoms with van der Waals surface area (Å²) in [6.07, 6.45) is 0.412. The summed E-state index contributed by atoms with van der Waals surface area (Å²) in [6, 6.07) is 1.78. The predicted octanol–water partition coefficient (Wildman–Crippen LogP) is 1.21. The van der Waals surface area contributed by atoms with E-state index in [9.17, 15) is 19.2 Å². The number of hydrogen-bond donors (Lipinski definition) is 2. The lowest BCUT2D eigenvalue weighted by atomic mass is 10.1. The molecule has 0 saturated heterocycles. The van der Waals surface area contributed by atoms with Crippen molar-refractivity contribution >= 4 is 17.9 Å². The molecule has 1 atom stereocenters. The molecule has 1 heterocycles. The predicted molar refractivity (Wildman–Crippen MR) is 94.7 cm³/mol. The number of urea groups is 1. The fourth-order valence-electron chi connectivity index (χ4n) is 1.89. The normalized spacial score (nSPS) is 12.2. The number of rotatable bonds is 6. The molecule has 1 aromatic heterocycles. The molecule has 0 bridgehead atoms. The highest BCUT2D eigenvalue weighted by Crippen LogP contribution is 2.02. The molecule has 1 unspecified atom stereocenters. The molecule has 3 amide bonds. The molecule has 0 fully saturated rings. The van der Waals surface area contributed by atoms with E-state index < -0.39 is 29.6 Å². The van der Waals surface area contributed by atoms with Crippen LogP contribution in [0.15, 0.2) is 16.9 Å². The van der Waals surface area contributed by atoms with Crippen LogP contribution in [0.2, 0.25) is 0 Å². The molecule has 9 nitrogen and oxygen atoms in total. The van der Waals surface area contributed by atoms with Crippen molar-refractivity contribution in [1.82, 2.24) is 20.4 Å². The first-order valence-corrected chi connectivity index (χ1v) is 8.45. The second-order valence-electron chi connectivity index (χ2n) is 6.87. The van der Waals surface area contributed by atoms with Crippen molar-refractivity contribution < 1.29 is 19.1 Å². The fraction of sp³-hybridized carbons (Fsp3) is 0.588. The third-order valence-corrected chi connectivity index (χ3v) is 3.18. The van der Waals surface area contributed by atoms with E-state index in [1.54, 1.807) is 20.8 Å². The molecule has 0 radical (unpaired) electrons. The Kier molecular flexibility index (Phi) is 7.48. The monoisotopic (exact) mass is 366 g/mol. The molecular formula is C17H26N4O5. The van der Waals surface area contributed by atoms with Crippen LogP contribution in [0.3, 0.4) is 0 Å². The third kappa shape index (κ3) is 7.04. The van der Waals surface area contributed by atoms with Gasteiger partial charge in [0.05, 0.1) is 0 Å². The van der Waals surface area contributed by atoms with Crippen LogP contribution in [0.4, 0.5) is 4.79 Å². The first-order chi connectivity index (χ1) is 12.0. The van der Waals surface area contributed by atoms with Gasteiger partial charge in [-0.3, -0.25) is 14.9 Å². The van der Waals surface area contributed by atoms with E-state index in [4.69, 9.17) is 4.74 Å². The molecule has 2 N–H and O–H groups in total. The number of nitrogens with one attached hydrogen (secondary N) is 2. The van der Waals surface area contributed by atoms with Gasteiger partial charge in [-0.05, 0) is 40.2 Å². The minimum Gasteiger partial charge on any atom is -0.448 e. The minimum absolute atomic E-state index is 0.0838. The van der Waals surface area contributed by atoms with Crippen LogP contribution in [0, 0.1) is 0 Å². The standard InChI is InChI=1S/C17H26N4O5/c1-6-7-10-21-13(22)9-8-12(20-21)15(24)26-11(2)14(23)18-16(25)19-17(3,4)5/h8-9,11H,6-7,10H2,1-5H3,(H2,18,19,23,25). The second kappa shape index (κ2) is 9.12. The maximum absolute atomic E-state index is 12.1. The van der Waals surface area contributed by atoms with Crippen molar-refractivity contribution in [2.75, 3.05) is 0 Å². The molecule has 1 aromatic rings. The van der Waals surface area contributed by atoms with Crippen molar-refractivity contribution in [2.45, 2.75) is 65.6 Å². The Bertz CT molecular complexity index is 721. The Hall–Kier alpha value is -2.71. The van der Waals surface area contributed by atoms with Crippen LogP contribution in [0.5, 0.6) is 0 Å². The second-order valence-corrected chi connectivity index (χ2v) is 6.87. The Morgan fingerprint density at radius 2 is 1.92 bits per heavy atom. The van der Waals surface area contributed by atoms with Crippen LogP contribution in [0.25, 0.3) is 0 Å². The van der Waals surface area contributed by atoms with E-state index in [-0.39, 0.29) is 11.3 Å². The number of aryl methyl sites for hydroxylation is 1. The Balaban J connectivity index is 2.70. The number of ether oxygens (including phenoxy) is 1. The molecule has 0 aliphatic heterocycles. The lowest BCUT2D eigenvalue weighted by molar-refractivity contribution is -0.127. The number of imide groups is 1. The van der Waals surface area contributed by atoms with Crippen molar-refractivity contribution in [1.29, 1.82) is 0 Å². The Morgan fingerprint density at radius 3 is 2.50 bits per heavy atom. The number of esters is 1. The van der Waals surface area contributed by atoms with Crippen LogP contribution in [0.1, 0.15) is 57.9 Å². The van der Waals surface area contributed by atoms with Crippen LogP contribution in [-0.4, -0.2) is 39.3 Å². The van der Waals surface area contributed by atoms with E-state index >= 15 is 0 Å². The number of hydrogen-bond acceptors (Lipinski definition) is 6. The quantitative estimate of drug-likeness (QED) is 0.731. The molecule has 1 rings (SSSR count). The van der Waals surface area contributed by atoms with Gasteiger partial charge < -0.3 is 10.1 Å². The third-order valence-electron chi connectivity index (χ3n) is 3.18. The molecule has 26 heavy (non-hydrogen) atoms. The highest BCUT2D eigenvalue weighted by atomic mass is 16.5. The summed E-state index contributed by atoms with van der Waals surface area (Å²) in [5.74, 6) is -1.62. The van der Waals surface area contributed by atoms with E-state index in [2.05, 4.69) is 15.7 Å². The van der Waals surface area contributed by atoms with Gasteiger partial charge in [0.25, 0.3) is 11.5 Å². The van der Waals surface area contributed by atoms with Gasteiger partial charge in [-0.1, -0.05) is 13.3 Å². The van der Waals surface area contributed by atoms with E-state index in [1.165, 1.54) is 23.7 Å². The van der Waals surface area contributed by atoms with E-state index in [1.807, 2.05) is 6.92 Å². The number of unbranched alkanes of at least 4 members (excludes halogenated alkanes) is 1. The fourth-order valence-corrected chi connectivity index (χ4v) is 1.89. The van der Waals surface area contributed by atoms with Gasteiger partial charge in [0, 0.05) is 18.2 Å². The molecule has 0 spiro atoms. The number of carbonyl (C=O) groups excluding carboxylic acids is 3. The number of carbonyl (C=O) groups is 3. The molecule has 0 saturated carbocycles. The smallest absolute Gasteiger partial charge is 0.359 e. The number of nitrogens with zero attached hydrogens (tertiary/aromatic N) is 2. The van der Waals surface area contributed by atoms with Gasteiger partial charge in [0.15, 0.2) is 11.8 Å². The first kappa shape index (κ1) is 21.3. The van der Waals surface area contributed by atoms with Crippen LogP contribution in [-0.2, 0) is 16.1 Å².